The van der Waals surface area contributed by atoms with Crippen molar-refractivity contribution in [3.8, 4) is 5.75 Å². The normalized spacial score (nSPS) is 12.1. The van der Waals surface area contributed by atoms with Crippen molar-refractivity contribution in [3.05, 3.63) is 89.2 Å². The van der Waals surface area contributed by atoms with Gasteiger partial charge in [0.2, 0.25) is 0 Å². The van der Waals surface area contributed by atoms with Gasteiger partial charge in [-0.3, -0.25) is 9.59 Å². The molecule has 1 atom stereocenters. The molecule has 0 aliphatic heterocycles. The summed E-state index contributed by atoms with van der Waals surface area (Å²) < 4.78 is 59.6. The molecule has 35 heavy (non-hydrogen) atoms. The Morgan fingerprint density at radius 2 is 1.66 bits per heavy atom. The van der Waals surface area contributed by atoms with E-state index in [0.29, 0.717) is 5.75 Å². The smallest absolute Gasteiger partial charge is 0.418 e. The van der Waals surface area contributed by atoms with E-state index >= 15 is 0 Å². The summed E-state index contributed by atoms with van der Waals surface area (Å²) in [7, 11) is 0. The Hall–Kier alpha value is -3.88. The van der Waals surface area contributed by atoms with Crippen molar-refractivity contribution in [1.29, 1.82) is 0 Å². The predicted octanol–water partition coefficient (Wildman–Crippen LogP) is 6.63. The van der Waals surface area contributed by atoms with Crippen LogP contribution < -0.4 is 15.4 Å². The van der Waals surface area contributed by atoms with Gasteiger partial charge in [-0.15, -0.1) is 0 Å². The molecule has 3 rings (SSSR count). The van der Waals surface area contributed by atoms with E-state index in [9.17, 15) is 27.2 Å². The number of ether oxygens (including phenoxy) is 1. The molecule has 0 fully saturated rings. The number of alkyl halides is 3. The summed E-state index contributed by atoms with van der Waals surface area (Å²) in [5, 5.41) is 4.57. The summed E-state index contributed by atoms with van der Waals surface area (Å²) >= 11 is 0. The summed E-state index contributed by atoms with van der Waals surface area (Å²) in [5.41, 5.74) is -0.764. The Morgan fingerprint density at radius 3 is 2.31 bits per heavy atom. The van der Waals surface area contributed by atoms with Crippen molar-refractivity contribution < 1.29 is 31.9 Å². The second kappa shape index (κ2) is 11.0. The molecule has 1 unspecified atom stereocenters. The van der Waals surface area contributed by atoms with Crippen molar-refractivity contribution >= 4 is 23.2 Å². The first-order valence-electron chi connectivity index (χ1n) is 10.9. The third-order valence-corrected chi connectivity index (χ3v) is 5.38. The van der Waals surface area contributed by atoms with Crippen LogP contribution in [-0.2, 0) is 11.0 Å². The quantitative estimate of drug-likeness (QED) is 0.350. The highest BCUT2D eigenvalue weighted by Crippen LogP contribution is 2.37. The number of carbonyl (C=O) groups is 2. The van der Waals surface area contributed by atoms with Crippen molar-refractivity contribution in [3.63, 3.8) is 0 Å². The van der Waals surface area contributed by atoms with E-state index < -0.39 is 41.7 Å². The number of nitrogens with one attached hydrogen (secondary N) is 2. The van der Waals surface area contributed by atoms with Crippen LogP contribution in [0.15, 0.2) is 66.7 Å². The van der Waals surface area contributed by atoms with Gasteiger partial charge in [-0.25, -0.2) is 4.39 Å². The molecule has 184 valence electrons. The standard InChI is InChI=1S/C26H24F4N2O3/c1-3-16(2)20-6-4-5-7-23(20)35-15-24(33)32-22-13-12-19(14-21(22)26(28,29)30)31-25(34)17-8-10-18(27)11-9-17/h4-14,16H,3,15H2,1-2H3,(H,31,34)(H,32,33). The van der Waals surface area contributed by atoms with Crippen LogP contribution in [0.4, 0.5) is 28.9 Å². The minimum atomic E-state index is -4.80. The molecule has 0 radical (unpaired) electrons. The Bertz CT molecular complexity index is 1190. The molecule has 0 aliphatic carbocycles. The molecule has 3 aromatic rings. The van der Waals surface area contributed by atoms with E-state index in [1.807, 2.05) is 26.0 Å². The van der Waals surface area contributed by atoms with Gasteiger partial charge in [0.25, 0.3) is 11.8 Å². The molecule has 0 bridgehead atoms. The number of benzene rings is 3. The lowest BCUT2D eigenvalue weighted by atomic mass is 9.98. The molecule has 0 heterocycles. The SMILES string of the molecule is CCC(C)c1ccccc1OCC(=O)Nc1ccc(NC(=O)c2ccc(F)cc2)cc1C(F)(F)F. The molecule has 2 amide bonds. The van der Waals surface area contributed by atoms with Crippen molar-refractivity contribution in [1.82, 2.24) is 0 Å². The zero-order valence-corrected chi connectivity index (χ0v) is 19.1. The number of rotatable bonds is 8. The summed E-state index contributed by atoms with van der Waals surface area (Å²) in [5.74, 6) is -1.34. The molecule has 0 aliphatic rings. The number of hydrogen-bond donors (Lipinski definition) is 2. The largest absolute Gasteiger partial charge is 0.483 e. The molecule has 5 nitrogen and oxygen atoms in total. The lowest BCUT2D eigenvalue weighted by Crippen LogP contribution is -2.23. The number of para-hydroxylation sites is 1. The first-order chi connectivity index (χ1) is 16.6. The summed E-state index contributed by atoms with van der Waals surface area (Å²) in [4.78, 5) is 24.7. The third-order valence-electron chi connectivity index (χ3n) is 5.38. The van der Waals surface area contributed by atoms with Gasteiger partial charge in [-0.05, 0) is 66.4 Å². The second-order valence-corrected chi connectivity index (χ2v) is 7.90. The lowest BCUT2D eigenvalue weighted by molar-refractivity contribution is -0.137. The molecule has 0 saturated heterocycles. The Balaban J connectivity index is 1.73. The van der Waals surface area contributed by atoms with E-state index in [-0.39, 0.29) is 17.2 Å². The number of carbonyl (C=O) groups excluding carboxylic acids is 2. The highest BCUT2D eigenvalue weighted by molar-refractivity contribution is 6.04. The summed E-state index contributed by atoms with van der Waals surface area (Å²) in [6, 6.07) is 14.7. The first-order valence-corrected chi connectivity index (χ1v) is 10.9. The molecule has 9 heteroatoms. The van der Waals surface area contributed by atoms with Crippen LogP contribution in [0, 0.1) is 5.82 Å². The summed E-state index contributed by atoms with van der Waals surface area (Å²) in [6.07, 6.45) is -3.95. The highest BCUT2D eigenvalue weighted by atomic mass is 19.4. The number of anilines is 2. The van der Waals surface area contributed by atoms with E-state index in [0.717, 1.165) is 36.2 Å². The molecule has 3 aromatic carbocycles. The highest BCUT2D eigenvalue weighted by Gasteiger charge is 2.34. The van der Waals surface area contributed by atoms with Gasteiger partial charge in [-0.1, -0.05) is 32.0 Å². The minimum Gasteiger partial charge on any atom is -0.483 e. The van der Waals surface area contributed by atoms with E-state index in [1.165, 1.54) is 18.2 Å². The minimum absolute atomic E-state index is 0.0761. The van der Waals surface area contributed by atoms with Crippen LogP contribution in [0.1, 0.15) is 47.7 Å². The van der Waals surface area contributed by atoms with E-state index in [1.54, 1.807) is 12.1 Å². The second-order valence-electron chi connectivity index (χ2n) is 7.90. The van der Waals surface area contributed by atoms with E-state index in [2.05, 4.69) is 10.6 Å². The fraction of sp³-hybridized carbons (Fsp3) is 0.231. The maximum Gasteiger partial charge on any atom is 0.418 e. The van der Waals surface area contributed by atoms with Gasteiger partial charge in [-0.2, -0.15) is 13.2 Å². The van der Waals surface area contributed by atoms with E-state index in [4.69, 9.17) is 4.74 Å². The van der Waals surface area contributed by atoms with Crippen molar-refractivity contribution in [2.45, 2.75) is 32.4 Å². The van der Waals surface area contributed by atoms with Crippen molar-refractivity contribution in [2.24, 2.45) is 0 Å². The van der Waals surface area contributed by atoms with Crippen LogP contribution in [-0.4, -0.2) is 18.4 Å². The maximum atomic E-state index is 13.7. The Kier molecular flexibility index (Phi) is 8.11. The number of hydrogen-bond acceptors (Lipinski definition) is 3. The lowest BCUT2D eigenvalue weighted by Gasteiger charge is -2.17. The molecular formula is C26H24F4N2O3. The van der Waals surface area contributed by atoms with Gasteiger partial charge in [0.15, 0.2) is 6.61 Å². The Labute approximate surface area is 200 Å². The van der Waals surface area contributed by atoms with Crippen LogP contribution in [0.2, 0.25) is 0 Å². The number of halogens is 4. The van der Waals surface area contributed by atoms with Crippen LogP contribution in [0.5, 0.6) is 5.75 Å². The molecule has 0 spiro atoms. The number of amides is 2. The monoisotopic (exact) mass is 488 g/mol. The molecule has 0 aromatic heterocycles. The zero-order valence-electron chi connectivity index (χ0n) is 19.1. The molecular weight excluding hydrogens is 464 g/mol. The van der Waals surface area contributed by atoms with Gasteiger partial charge in [0.05, 0.1) is 11.3 Å². The maximum absolute atomic E-state index is 13.7. The average molecular weight is 488 g/mol. The topological polar surface area (TPSA) is 67.4 Å². The molecule has 2 N–H and O–H groups in total. The first kappa shape index (κ1) is 25.7. The van der Waals surface area contributed by atoms with Crippen LogP contribution >= 0.6 is 0 Å². The molecule has 0 saturated carbocycles. The summed E-state index contributed by atoms with van der Waals surface area (Å²) in [6.45, 7) is 3.54. The predicted molar refractivity (Wildman–Crippen MR) is 125 cm³/mol. The van der Waals surface area contributed by atoms with Crippen LogP contribution in [0.25, 0.3) is 0 Å². The van der Waals surface area contributed by atoms with Gasteiger partial charge in [0.1, 0.15) is 11.6 Å². The zero-order chi connectivity index (χ0) is 25.6. The Morgan fingerprint density at radius 1 is 0.971 bits per heavy atom. The van der Waals surface area contributed by atoms with Gasteiger partial charge in [0, 0.05) is 11.3 Å². The average Bonchev–Trinajstić information content (AvgIpc) is 2.83. The van der Waals surface area contributed by atoms with Gasteiger partial charge >= 0.3 is 6.18 Å². The fourth-order valence-electron chi connectivity index (χ4n) is 3.34. The van der Waals surface area contributed by atoms with Gasteiger partial charge < -0.3 is 15.4 Å². The fourth-order valence-corrected chi connectivity index (χ4v) is 3.34. The van der Waals surface area contributed by atoms with Crippen LogP contribution in [0.3, 0.4) is 0 Å². The van der Waals surface area contributed by atoms with Crippen molar-refractivity contribution in [2.75, 3.05) is 17.2 Å². The third kappa shape index (κ3) is 6.81.